The van der Waals surface area contributed by atoms with Crippen LogP contribution in [-0.2, 0) is 9.31 Å². The Morgan fingerprint density at radius 1 is 0.800 bits per heavy atom. The van der Waals surface area contributed by atoms with E-state index in [1.807, 2.05) is 22.7 Å². The van der Waals surface area contributed by atoms with Crippen LogP contribution in [0.4, 0.5) is 0 Å². The molecule has 0 unspecified atom stereocenters. The van der Waals surface area contributed by atoms with E-state index in [4.69, 9.17) is 9.31 Å². The number of hydrogen-bond acceptors (Lipinski definition) is 4. The number of hydrogen-bond donors (Lipinski definition) is 0. The van der Waals surface area contributed by atoms with Gasteiger partial charge in [-0.05, 0) is 45.3 Å². The molecule has 1 aliphatic rings. The molecule has 0 N–H and O–H groups in total. The maximum atomic E-state index is 6.21. The van der Waals surface area contributed by atoms with Crippen molar-refractivity contribution in [2.45, 2.75) is 38.9 Å². The van der Waals surface area contributed by atoms with E-state index in [2.05, 4.69) is 70.2 Å². The van der Waals surface area contributed by atoms with Gasteiger partial charge in [0, 0.05) is 25.6 Å². The van der Waals surface area contributed by atoms with Gasteiger partial charge in [0.25, 0.3) is 0 Å². The van der Waals surface area contributed by atoms with E-state index in [1.54, 1.807) is 0 Å². The largest absolute Gasteiger partial charge is 0.494 e. The Morgan fingerprint density at radius 2 is 1.44 bits per heavy atom. The van der Waals surface area contributed by atoms with Gasteiger partial charge < -0.3 is 9.31 Å². The second-order valence-electron chi connectivity index (χ2n) is 7.71. The van der Waals surface area contributed by atoms with Crippen LogP contribution in [0.5, 0.6) is 0 Å². The molecule has 5 rings (SSSR count). The quantitative estimate of drug-likeness (QED) is 0.410. The molecule has 0 radical (unpaired) electrons. The van der Waals surface area contributed by atoms with Gasteiger partial charge in [0.05, 0.1) is 15.2 Å². The highest BCUT2D eigenvalue weighted by Gasteiger charge is 2.51. The average molecular weight is 366 g/mol. The molecule has 0 saturated carbocycles. The first-order valence-corrected chi connectivity index (χ1v) is 10.2. The Bertz CT molecular complexity index is 1110. The number of benzene rings is 2. The molecular formula is C20H19BO2S2. The summed E-state index contributed by atoms with van der Waals surface area (Å²) >= 11 is 3.75. The Balaban J connectivity index is 1.64. The minimum absolute atomic E-state index is 0.300. The molecule has 1 fully saturated rings. The molecule has 3 heterocycles. The highest BCUT2D eigenvalue weighted by Crippen LogP contribution is 2.44. The first-order valence-electron chi connectivity index (χ1n) is 8.55. The van der Waals surface area contributed by atoms with E-state index >= 15 is 0 Å². The van der Waals surface area contributed by atoms with Crippen LogP contribution in [0.2, 0.25) is 0 Å². The molecule has 25 heavy (non-hydrogen) atoms. The summed E-state index contributed by atoms with van der Waals surface area (Å²) in [5.41, 5.74) is 0.487. The maximum absolute atomic E-state index is 6.21. The number of thiophene rings is 2. The summed E-state index contributed by atoms with van der Waals surface area (Å²) in [6.07, 6.45) is 0. The molecule has 126 valence electrons. The maximum Gasteiger partial charge on any atom is 0.494 e. The molecule has 0 atom stereocenters. The topological polar surface area (TPSA) is 18.5 Å². The van der Waals surface area contributed by atoms with E-state index in [0.717, 1.165) is 5.46 Å². The molecule has 0 spiro atoms. The van der Waals surface area contributed by atoms with Crippen molar-refractivity contribution in [2.24, 2.45) is 0 Å². The Labute approximate surface area is 155 Å². The van der Waals surface area contributed by atoms with Crippen LogP contribution in [-0.4, -0.2) is 18.3 Å². The normalized spacial score (nSPS) is 19.4. The summed E-state index contributed by atoms with van der Waals surface area (Å²) < 4.78 is 16.5. The minimum Gasteiger partial charge on any atom is -0.399 e. The molecule has 1 saturated heterocycles. The summed E-state index contributed by atoms with van der Waals surface area (Å²) in [4.78, 5) is 0. The van der Waals surface area contributed by atoms with Gasteiger partial charge in [-0.3, -0.25) is 0 Å². The lowest BCUT2D eigenvalue weighted by Crippen LogP contribution is -2.41. The third-order valence-electron chi connectivity index (χ3n) is 5.57. The van der Waals surface area contributed by atoms with Gasteiger partial charge in [-0.15, -0.1) is 22.7 Å². The van der Waals surface area contributed by atoms with Gasteiger partial charge in [0.2, 0.25) is 0 Å². The standard InChI is InChI=1S/C20H19BO2S2/c1-19(2)20(3,4)23-21(22-19)12-9-10-14-16(11-12)25-18-17(14)13-7-5-6-8-15(13)24-18/h5-11H,1-4H3. The van der Waals surface area contributed by atoms with Crippen molar-refractivity contribution in [2.75, 3.05) is 0 Å². The molecule has 0 bridgehead atoms. The second kappa shape index (κ2) is 5.07. The summed E-state index contributed by atoms with van der Waals surface area (Å²) in [5.74, 6) is 0. The SMILES string of the molecule is CC1(C)OB(c2ccc3c(c2)sc2sc4ccccc4c23)OC1(C)C. The summed E-state index contributed by atoms with van der Waals surface area (Å²) in [6, 6.07) is 15.3. The summed E-state index contributed by atoms with van der Waals surface area (Å²) in [5, 5.41) is 4.08. The first-order chi connectivity index (χ1) is 11.9. The van der Waals surface area contributed by atoms with Crippen molar-refractivity contribution < 1.29 is 9.31 Å². The van der Waals surface area contributed by atoms with Crippen LogP contribution < -0.4 is 5.46 Å². The van der Waals surface area contributed by atoms with Crippen LogP contribution in [0.15, 0.2) is 42.5 Å². The Morgan fingerprint density at radius 3 is 2.20 bits per heavy atom. The second-order valence-corrected chi connectivity index (χ2v) is 10.1. The van der Waals surface area contributed by atoms with Gasteiger partial charge in [0.15, 0.2) is 0 Å². The van der Waals surface area contributed by atoms with Crippen molar-refractivity contribution in [3.63, 3.8) is 0 Å². The zero-order chi connectivity index (χ0) is 17.4. The number of fused-ring (bicyclic) bond motifs is 5. The van der Waals surface area contributed by atoms with E-state index in [-0.39, 0.29) is 18.3 Å². The van der Waals surface area contributed by atoms with E-state index in [0.29, 0.717) is 0 Å². The van der Waals surface area contributed by atoms with Crippen LogP contribution >= 0.6 is 22.7 Å². The zero-order valence-electron chi connectivity index (χ0n) is 14.8. The summed E-state index contributed by atoms with van der Waals surface area (Å²) in [7, 11) is -0.300. The van der Waals surface area contributed by atoms with Gasteiger partial charge in [0.1, 0.15) is 0 Å². The van der Waals surface area contributed by atoms with Gasteiger partial charge in [-0.25, -0.2) is 0 Å². The fraction of sp³-hybridized carbons (Fsp3) is 0.300. The summed E-state index contributed by atoms with van der Waals surface area (Å²) in [6.45, 7) is 8.38. The Kier molecular flexibility index (Phi) is 3.21. The molecule has 4 aromatic rings. The van der Waals surface area contributed by atoms with Crippen LogP contribution in [0.25, 0.3) is 29.6 Å². The first kappa shape index (κ1) is 15.8. The van der Waals surface area contributed by atoms with E-state index in [1.165, 1.54) is 29.6 Å². The fourth-order valence-electron chi connectivity index (χ4n) is 3.41. The molecule has 2 aromatic carbocycles. The van der Waals surface area contributed by atoms with Gasteiger partial charge >= 0.3 is 7.12 Å². The lowest BCUT2D eigenvalue weighted by atomic mass is 9.79. The van der Waals surface area contributed by atoms with Gasteiger partial charge in [-0.1, -0.05) is 30.3 Å². The smallest absolute Gasteiger partial charge is 0.399 e. The van der Waals surface area contributed by atoms with Crippen molar-refractivity contribution in [1.29, 1.82) is 0 Å². The van der Waals surface area contributed by atoms with E-state index in [9.17, 15) is 0 Å². The zero-order valence-corrected chi connectivity index (χ0v) is 16.4. The molecule has 5 heteroatoms. The van der Waals surface area contributed by atoms with Crippen molar-refractivity contribution >= 4 is 64.8 Å². The lowest BCUT2D eigenvalue weighted by Gasteiger charge is -2.32. The van der Waals surface area contributed by atoms with Crippen LogP contribution in [0.1, 0.15) is 27.7 Å². The van der Waals surface area contributed by atoms with Crippen molar-refractivity contribution in [3.05, 3.63) is 42.5 Å². The fourth-order valence-corrected chi connectivity index (χ4v) is 6.06. The average Bonchev–Trinajstić information content (AvgIpc) is 3.14. The third-order valence-corrected chi connectivity index (χ3v) is 7.98. The predicted octanol–water partition coefficient (Wildman–Crippen LogP) is 5.57. The monoisotopic (exact) mass is 366 g/mol. The van der Waals surface area contributed by atoms with Crippen LogP contribution in [0.3, 0.4) is 0 Å². The highest BCUT2D eigenvalue weighted by molar-refractivity contribution is 7.44. The Hall–Kier alpha value is -1.40. The number of rotatable bonds is 1. The van der Waals surface area contributed by atoms with Gasteiger partial charge in [-0.2, -0.15) is 0 Å². The minimum atomic E-state index is -0.307. The third kappa shape index (κ3) is 2.23. The highest BCUT2D eigenvalue weighted by atomic mass is 32.2. The van der Waals surface area contributed by atoms with Crippen molar-refractivity contribution in [1.82, 2.24) is 0 Å². The van der Waals surface area contributed by atoms with Crippen molar-refractivity contribution in [3.8, 4) is 0 Å². The molecule has 2 aromatic heterocycles. The van der Waals surface area contributed by atoms with E-state index < -0.39 is 0 Å². The lowest BCUT2D eigenvalue weighted by molar-refractivity contribution is 0.00578. The van der Waals surface area contributed by atoms with Crippen LogP contribution in [0, 0.1) is 0 Å². The molecule has 2 nitrogen and oxygen atoms in total. The molecule has 0 amide bonds. The predicted molar refractivity (Wildman–Crippen MR) is 110 cm³/mol. The molecule has 0 aliphatic carbocycles. The molecule has 1 aliphatic heterocycles. The molecular weight excluding hydrogens is 347 g/mol.